The van der Waals surface area contributed by atoms with Crippen LogP contribution in [0.3, 0.4) is 0 Å². The Balaban J connectivity index is 2.29. The number of anilines is 1. The number of hydrogen-bond acceptors (Lipinski definition) is 4. The second kappa shape index (κ2) is 4.85. The Bertz CT molecular complexity index is 528. The van der Waals surface area contributed by atoms with Crippen LogP contribution in [0.4, 0.5) is 10.1 Å². The number of aliphatic hydroxyl groups is 1. The lowest BCUT2D eigenvalue weighted by atomic mass is 10.1. The van der Waals surface area contributed by atoms with Crippen LogP contribution in [0.15, 0.2) is 18.2 Å². The molecule has 2 rings (SSSR count). The molecule has 1 N–H and O–H groups in total. The topological polar surface area (TPSA) is 57.6 Å². The summed E-state index contributed by atoms with van der Waals surface area (Å²) in [5.74, 6) is -0.202. The lowest BCUT2D eigenvalue weighted by Gasteiger charge is -2.31. The zero-order valence-corrected chi connectivity index (χ0v) is 11.0. The molecule has 1 heterocycles. The van der Waals surface area contributed by atoms with Crippen LogP contribution < -0.4 is 4.90 Å². The van der Waals surface area contributed by atoms with E-state index in [1.54, 1.807) is 13.0 Å². The molecule has 100 valence electrons. The first-order valence-corrected chi connectivity index (χ1v) is 7.64. The van der Waals surface area contributed by atoms with Gasteiger partial charge in [-0.1, -0.05) is 0 Å². The van der Waals surface area contributed by atoms with Gasteiger partial charge in [0.2, 0.25) is 0 Å². The van der Waals surface area contributed by atoms with Gasteiger partial charge in [0.1, 0.15) is 5.82 Å². The van der Waals surface area contributed by atoms with E-state index in [4.69, 9.17) is 0 Å². The van der Waals surface area contributed by atoms with Gasteiger partial charge in [0, 0.05) is 24.3 Å². The maximum Gasteiger partial charge on any atom is 0.153 e. The van der Waals surface area contributed by atoms with Crippen LogP contribution in [-0.4, -0.2) is 38.1 Å². The first kappa shape index (κ1) is 13.3. The fourth-order valence-electron chi connectivity index (χ4n) is 2.10. The minimum absolute atomic E-state index is 0.101. The highest BCUT2D eigenvalue weighted by atomic mass is 32.2. The maximum absolute atomic E-state index is 13.2. The number of hydrogen-bond donors (Lipinski definition) is 1. The summed E-state index contributed by atoms with van der Waals surface area (Å²) < 4.78 is 35.9. The average Bonchev–Trinajstić information content (AvgIpc) is 2.29. The largest absolute Gasteiger partial charge is 0.389 e. The Hall–Kier alpha value is -1.14. The van der Waals surface area contributed by atoms with Crippen molar-refractivity contribution in [3.05, 3.63) is 29.6 Å². The fraction of sp³-hybridized carbons (Fsp3) is 0.500. The van der Waals surface area contributed by atoms with Crippen LogP contribution in [0.2, 0.25) is 0 Å². The Kier molecular flexibility index (Phi) is 3.59. The zero-order chi connectivity index (χ0) is 13.3. The molecule has 4 nitrogen and oxygen atoms in total. The Labute approximate surface area is 106 Å². The lowest BCUT2D eigenvalue weighted by molar-refractivity contribution is 0.199. The van der Waals surface area contributed by atoms with Crippen molar-refractivity contribution in [1.29, 1.82) is 0 Å². The highest BCUT2D eigenvalue weighted by Gasteiger charge is 2.24. The first-order chi connectivity index (χ1) is 8.39. The first-order valence-electron chi connectivity index (χ1n) is 5.82. The average molecular weight is 273 g/mol. The predicted molar refractivity (Wildman–Crippen MR) is 67.9 cm³/mol. The molecule has 0 spiro atoms. The van der Waals surface area contributed by atoms with Crippen LogP contribution in [0.25, 0.3) is 0 Å². The summed E-state index contributed by atoms with van der Waals surface area (Å²) in [7, 11) is -2.94. The van der Waals surface area contributed by atoms with Gasteiger partial charge in [-0.15, -0.1) is 0 Å². The summed E-state index contributed by atoms with van der Waals surface area (Å²) in [6.07, 6.45) is -0.783. The van der Waals surface area contributed by atoms with Crippen LogP contribution in [-0.2, 0) is 9.84 Å². The predicted octanol–water partition coefficient (Wildman–Crippen LogP) is 1.11. The molecule has 1 aromatic rings. The van der Waals surface area contributed by atoms with Crippen molar-refractivity contribution in [2.24, 2.45) is 0 Å². The molecule has 1 saturated heterocycles. The van der Waals surface area contributed by atoms with E-state index in [1.807, 2.05) is 4.90 Å². The van der Waals surface area contributed by atoms with Gasteiger partial charge in [-0.3, -0.25) is 0 Å². The third-order valence-corrected chi connectivity index (χ3v) is 4.73. The molecule has 0 saturated carbocycles. The van der Waals surface area contributed by atoms with Crippen molar-refractivity contribution in [2.45, 2.75) is 13.0 Å². The van der Waals surface area contributed by atoms with Crippen molar-refractivity contribution in [3.63, 3.8) is 0 Å². The van der Waals surface area contributed by atoms with Gasteiger partial charge in [-0.25, -0.2) is 12.8 Å². The van der Waals surface area contributed by atoms with Gasteiger partial charge in [0.15, 0.2) is 9.84 Å². The molecule has 18 heavy (non-hydrogen) atoms. The summed E-state index contributed by atoms with van der Waals surface area (Å²) in [5.41, 5.74) is 1.20. The summed E-state index contributed by atoms with van der Waals surface area (Å²) in [6.45, 7) is 2.33. The third kappa shape index (κ3) is 2.81. The molecular formula is C12H16FNO3S. The van der Waals surface area contributed by atoms with Gasteiger partial charge in [0.05, 0.1) is 17.6 Å². The highest BCUT2D eigenvalue weighted by Crippen LogP contribution is 2.28. The number of benzene rings is 1. The summed E-state index contributed by atoms with van der Waals surface area (Å²) in [4.78, 5) is 1.88. The van der Waals surface area contributed by atoms with Crippen molar-refractivity contribution < 1.29 is 17.9 Å². The smallest absolute Gasteiger partial charge is 0.153 e. The zero-order valence-electron chi connectivity index (χ0n) is 10.1. The summed E-state index contributed by atoms with van der Waals surface area (Å²) in [6, 6.07) is 4.21. The fourth-order valence-corrected chi connectivity index (χ4v) is 3.30. The lowest BCUT2D eigenvalue weighted by Crippen LogP contribution is -2.40. The molecule has 0 aliphatic carbocycles. The van der Waals surface area contributed by atoms with Gasteiger partial charge < -0.3 is 10.0 Å². The van der Waals surface area contributed by atoms with Crippen LogP contribution in [0.1, 0.15) is 18.6 Å². The molecule has 0 aromatic heterocycles. The Morgan fingerprint density at radius 3 is 2.50 bits per heavy atom. The normalized spacial score (nSPS) is 20.7. The molecule has 0 radical (unpaired) electrons. The van der Waals surface area contributed by atoms with Gasteiger partial charge in [-0.05, 0) is 25.1 Å². The Morgan fingerprint density at radius 1 is 1.33 bits per heavy atom. The van der Waals surface area contributed by atoms with Gasteiger partial charge in [0.25, 0.3) is 0 Å². The molecule has 0 bridgehead atoms. The molecule has 1 fully saturated rings. The molecule has 1 aromatic carbocycles. The number of aliphatic hydroxyl groups excluding tert-OH is 1. The van der Waals surface area contributed by atoms with Crippen molar-refractivity contribution in [2.75, 3.05) is 29.5 Å². The van der Waals surface area contributed by atoms with E-state index in [2.05, 4.69) is 0 Å². The van der Waals surface area contributed by atoms with Gasteiger partial charge >= 0.3 is 0 Å². The Morgan fingerprint density at radius 2 is 1.94 bits per heavy atom. The van der Waals surface area contributed by atoms with E-state index in [-0.39, 0.29) is 11.5 Å². The minimum atomic E-state index is -2.94. The van der Waals surface area contributed by atoms with Crippen LogP contribution in [0.5, 0.6) is 0 Å². The van der Waals surface area contributed by atoms with Crippen molar-refractivity contribution in [3.8, 4) is 0 Å². The number of sulfone groups is 1. The second-order valence-electron chi connectivity index (χ2n) is 4.52. The van der Waals surface area contributed by atoms with E-state index < -0.39 is 21.8 Å². The quantitative estimate of drug-likeness (QED) is 0.877. The van der Waals surface area contributed by atoms with E-state index in [0.29, 0.717) is 24.3 Å². The standard InChI is InChI=1S/C12H16FNO3S/c1-9(15)11-8-10(13)2-3-12(11)14-4-6-18(16,17)7-5-14/h2-3,8-9,15H,4-7H2,1H3. The van der Waals surface area contributed by atoms with E-state index in [0.717, 1.165) is 0 Å². The van der Waals surface area contributed by atoms with E-state index in [9.17, 15) is 17.9 Å². The third-order valence-electron chi connectivity index (χ3n) is 3.12. The molecular weight excluding hydrogens is 257 g/mol. The number of rotatable bonds is 2. The van der Waals surface area contributed by atoms with Crippen molar-refractivity contribution in [1.82, 2.24) is 0 Å². The van der Waals surface area contributed by atoms with E-state index >= 15 is 0 Å². The number of halogens is 1. The van der Waals surface area contributed by atoms with Crippen molar-refractivity contribution >= 4 is 15.5 Å². The number of nitrogens with zero attached hydrogens (tertiary/aromatic N) is 1. The maximum atomic E-state index is 13.2. The molecule has 6 heteroatoms. The highest BCUT2D eigenvalue weighted by molar-refractivity contribution is 7.91. The SMILES string of the molecule is CC(O)c1cc(F)ccc1N1CCS(=O)(=O)CC1. The molecule has 1 aliphatic rings. The molecule has 0 amide bonds. The monoisotopic (exact) mass is 273 g/mol. The van der Waals surface area contributed by atoms with Gasteiger partial charge in [-0.2, -0.15) is 0 Å². The minimum Gasteiger partial charge on any atom is -0.389 e. The molecule has 1 aliphatic heterocycles. The second-order valence-corrected chi connectivity index (χ2v) is 6.82. The van der Waals surface area contributed by atoms with Crippen LogP contribution in [0, 0.1) is 5.82 Å². The van der Waals surface area contributed by atoms with E-state index in [1.165, 1.54) is 12.1 Å². The molecule has 1 unspecified atom stereocenters. The molecule has 1 atom stereocenters. The summed E-state index contributed by atoms with van der Waals surface area (Å²) in [5, 5.41) is 9.65. The summed E-state index contributed by atoms with van der Waals surface area (Å²) >= 11 is 0. The van der Waals surface area contributed by atoms with Crippen LogP contribution >= 0.6 is 0 Å².